The normalized spacial score (nSPS) is 12.7. The van der Waals surface area contributed by atoms with Crippen LogP contribution in [-0.4, -0.2) is 15.5 Å². The highest BCUT2D eigenvalue weighted by Crippen LogP contribution is 2.19. The number of benzene rings is 2. The van der Waals surface area contributed by atoms with Crippen molar-refractivity contribution in [2.24, 2.45) is 5.92 Å². The van der Waals surface area contributed by atoms with Gasteiger partial charge in [0, 0.05) is 37.6 Å². The van der Waals surface area contributed by atoms with Crippen LogP contribution in [0.5, 0.6) is 0 Å². The van der Waals surface area contributed by atoms with Gasteiger partial charge in [-0.2, -0.15) is 0 Å². The Bertz CT molecular complexity index is 832. The van der Waals surface area contributed by atoms with Crippen LogP contribution in [0.1, 0.15) is 43.2 Å². The van der Waals surface area contributed by atoms with E-state index in [2.05, 4.69) is 110 Å². The summed E-state index contributed by atoms with van der Waals surface area (Å²) in [5, 5.41) is 0. The quantitative estimate of drug-likeness (QED) is 0.486. The highest BCUT2D eigenvalue weighted by Gasteiger charge is 2.19. The molecule has 2 heteroatoms. The van der Waals surface area contributed by atoms with Crippen LogP contribution >= 0.6 is 0 Å². The number of aromatic nitrogens is 1. The van der Waals surface area contributed by atoms with Gasteiger partial charge in [0.1, 0.15) is 0 Å². The molecule has 2 aromatic carbocycles. The van der Waals surface area contributed by atoms with Crippen molar-refractivity contribution in [3.05, 3.63) is 95.3 Å². The molecule has 0 aliphatic rings. The molecule has 3 aromatic rings. The lowest BCUT2D eigenvalue weighted by atomic mass is 10.0. The fourth-order valence-corrected chi connectivity index (χ4v) is 3.55. The minimum Gasteiger partial charge on any atom is -0.346 e. The largest absolute Gasteiger partial charge is 0.346 e. The van der Waals surface area contributed by atoms with Gasteiger partial charge in [0.2, 0.25) is 0 Å². The van der Waals surface area contributed by atoms with Crippen LogP contribution < -0.4 is 0 Å². The van der Waals surface area contributed by atoms with E-state index in [4.69, 9.17) is 0 Å². The third-order valence-electron chi connectivity index (χ3n) is 5.49. The summed E-state index contributed by atoms with van der Waals surface area (Å²) in [6.45, 7) is 12.0. The standard InChI is InChI=1S/C25H32N2/c1-20(2)22(4)27(17-23-11-6-5-7-12-23)19-25-14-9-15-26(25)18-24-13-8-10-21(3)16-24/h5-16,20,22H,17-19H2,1-4H3/t22-/m0/s1. The molecule has 1 atom stereocenters. The molecule has 0 bridgehead atoms. The Morgan fingerprint density at radius 1 is 0.815 bits per heavy atom. The zero-order chi connectivity index (χ0) is 19.2. The molecule has 0 aliphatic carbocycles. The molecule has 0 spiro atoms. The molecular weight excluding hydrogens is 328 g/mol. The van der Waals surface area contributed by atoms with Crippen molar-refractivity contribution in [2.45, 2.75) is 53.4 Å². The minimum atomic E-state index is 0.521. The minimum absolute atomic E-state index is 0.521. The molecule has 27 heavy (non-hydrogen) atoms. The first-order valence-electron chi connectivity index (χ1n) is 10.0. The Morgan fingerprint density at radius 3 is 2.26 bits per heavy atom. The maximum Gasteiger partial charge on any atom is 0.0473 e. The average molecular weight is 361 g/mol. The number of hydrogen-bond donors (Lipinski definition) is 0. The summed E-state index contributed by atoms with van der Waals surface area (Å²) in [4.78, 5) is 2.60. The van der Waals surface area contributed by atoms with Gasteiger partial charge in [0.15, 0.2) is 0 Å². The van der Waals surface area contributed by atoms with Gasteiger partial charge >= 0.3 is 0 Å². The third kappa shape index (κ3) is 5.33. The SMILES string of the molecule is Cc1cccc(Cn2cccc2CN(Cc2ccccc2)[C@@H](C)C(C)C)c1. The first-order valence-corrected chi connectivity index (χ1v) is 10.0. The maximum absolute atomic E-state index is 2.60. The molecule has 0 unspecified atom stereocenters. The van der Waals surface area contributed by atoms with Gasteiger partial charge < -0.3 is 4.57 Å². The summed E-state index contributed by atoms with van der Waals surface area (Å²) in [6.07, 6.45) is 2.21. The highest BCUT2D eigenvalue weighted by molar-refractivity contribution is 5.23. The molecule has 0 saturated heterocycles. The molecule has 0 amide bonds. The summed E-state index contributed by atoms with van der Waals surface area (Å²) < 4.78 is 2.39. The van der Waals surface area contributed by atoms with Crippen molar-refractivity contribution in [1.29, 1.82) is 0 Å². The smallest absolute Gasteiger partial charge is 0.0473 e. The number of hydrogen-bond acceptors (Lipinski definition) is 1. The molecule has 142 valence electrons. The van der Waals surface area contributed by atoms with Crippen molar-refractivity contribution in [3.63, 3.8) is 0 Å². The van der Waals surface area contributed by atoms with Crippen LogP contribution in [0, 0.1) is 12.8 Å². The Morgan fingerprint density at radius 2 is 1.56 bits per heavy atom. The summed E-state index contributed by atoms with van der Waals surface area (Å²) in [6, 6.07) is 24.6. The molecular formula is C25H32N2. The van der Waals surface area contributed by atoms with Crippen molar-refractivity contribution in [1.82, 2.24) is 9.47 Å². The molecule has 0 aliphatic heterocycles. The van der Waals surface area contributed by atoms with Crippen LogP contribution in [0.2, 0.25) is 0 Å². The van der Waals surface area contributed by atoms with Gasteiger partial charge in [-0.15, -0.1) is 0 Å². The zero-order valence-electron chi connectivity index (χ0n) is 17.1. The van der Waals surface area contributed by atoms with Crippen LogP contribution in [0.15, 0.2) is 72.9 Å². The molecule has 0 radical (unpaired) electrons. The van der Waals surface area contributed by atoms with Crippen LogP contribution in [0.3, 0.4) is 0 Å². The fraction of sp³-hybridized carbons (Fsp3) is 0.360. The predicted molar refractivity (Wildman–Crippen MR) is 115 cm³/mol. The van der Waals surface area contributed by atoms with Gasteiger partial charge in [-0.05, 0) is 43.0 Å². The van der Waals surface area contributed by atoms with Gasteiger partial charge in [0.05, 0.1) is 0 Å². The van der Waals surface area contributed by atoms with E-state index < -0.39 is 0 Å². The van der Waals surface area contributed by atoms with E-state index in [0.717, 1.165) is 19.6 Å². The monoisotopic (exact) mass is 360 g/mol. The van der Waals surface area contributed by atoms with E-state index in [0.29, 0.717) is 12.0 Å². The highest BCUT2D eigenvalue weighted by atomic mass is 15.2. The Labute approximate surface area is 164 Å². The zero-order valence-corrected chi connectivity index (χ0v) is 17.1. The van der Waals surface area contributed by atoms with Crippen molar-refractivity contribution >= 4 is 0 Å². The van der Waals surface area contributed by atoms with Gasteiger partial charge in [-0.1, -0.05) is 74.0 Å². The molecule has 2 nitrogen and oxygen atoms in total. The second kappa shape index (κ2) is 9.05. The van der Waals surface area contributed by atoms with Gasteiger partial charge in [-0.3, -0.25) is 4.90 Å². The topological polar surface area (TPSA) is 8.17 Å². The first kappa shape index (κ1) is 19.4. The second-order valence-corrected chi connectivity index (χ2v) is 7.99. The lowest BCUT2D eigenvalue weighted by Crippen LogP contribution is -2.36. The molecule has 1 aromatic heterocycles. The van der Waals surface area contributed by atoms with E-state index in [9.17, 15) is 0 Å². The van der Waals surface area contributed by atoms with Crippen LogP contribution in [-0.2, 0) is 19.6 Å². The predicted octanol–water partition coefficient (Wildman–Crippen LogP) is 5.89. The van der Waals surface area contributed by atoms with E-state index >= 15 is 0 Å². The van der Waals surface area contributed by atoms with Crippen molar-refractivity contribution in [2.75, 3.05) is 0 Å². The van der Waals surface area contributed by atoms with Crippen molar-refractivity contribution < 1.29 is 0 Å². The maximum atomic E-state index is 2.60. The number of aryl methyl sites for hydroxylation is 1. The van der Waals surface area contributed by atoms with E-state index in [1.54, 1.807) is 0 Å². The Kier molecular flexibility index (Phi) is 6.52. The van der Waals surface area contributed by atoms with Gasteiger partial charge in [-0.25, -0.2) is 0 Å². The van der Waals surface area contributed by atoms with Crippen molar-refractivity contribution in [3.8, 4) is 0 Å². The lowest BCUT2D eigenvalue weighted by Gasteiger charge is -2.32. The third-order valence-corrected chi connectivity index (χ3v) is 5.49. The van der Waals surface area contributed by atoms with Gasteiger partial charge in [0.25, 0.3) is 0 Å². The summed E-state index contributed by atoms with van der Waals surface area (Å²) >= 11 is 0. The van der Waals surface area contributed by atoms with E-state index in [1.165, 1.54) is 22.4 Å². The summed E-state index contributed by atoms with van der Waals surface area (Å²) in [5.41, 5.74) is 5.43. The van der Waals surface area contributed by atoms with E-state index in [1.807, 2.05) is 0 Å². The fourth-order valence-electron chi connectivity index (χ4n) is 3.55. The lowest BCUT2D eigenvalue weighted by molar-refractivity contribution is 0.148. The van der Waals surface area contributed by atoms with Crippen LogP contribution in [0.4, 0.5) is 0 Å². The molecule has 0 saturated carbocycles. The summed E-state index contributed by atoms with van der Waals surface area (Å²) in [7, 11) is 0. The Balaban J connectivity index is 1.78. The van der Waals surface area contributed by atoms with Crippen LogP contribution in [0.25, 0.3) is 0 Å². The first-order chi connectivity index (χ1) is 13.0. The second-order valence-electron chi connectivity index (χ2n) is 7.99. The number of nitrogens with zero attached hydrogens (tertiary/aromatic N) is 2. The molecule has 3 rings (SSSR count). The Hall–Kier alpha value is -2.32. The summed E-state index contributed by atoms with van der Waals surface area (Å²) in [5.74, 6) is 0.619. The molecule has 0 fully saturated rings. The average Bonchev–Trinajstić information content (AvgIpc) is 3.08. The molecule has 0 N–H and O–H groups in total. The molecule has 1 heterocycles. The van der Waals surface area contributed by atoms with E-state index in [-0.39, 0.29) is 0 Å². The number of rotatable bonds is 8.